The molecule has 0 unspecified atom stereocenters. The zero-order valence-corrected chi connectivity index (χ0v) is 15.6. The lowest BCUT2D eigenvalue weighted by molar-refractivity contribution is 0.0697. The van der Waals surface area contributed by atoms with Crippen LogP contribution in [0.2, 0.25) is 0 Å². The van der Waals surface area contributed by atoms with Gasteiger partial charge < -0.3 is 5.11 Å². The lowest BCUT2D eigenvalue weighted by atomic mass is 10.1. The summed E-state index contributed by atoms with van der Waals surface area (Å²) in [6, 6.07) is 17.0. The maximum Gasteiger partial charge on any atom is 0.335 e. The third-order valence-corrected chi connectivity index (χ3v) is 5.31. The predicted molar refractivity (Wildman–Crippen MR) is 106 cm³/mol. The van der Waals surface area contributed by atoms with Crippen LogP contribution in [0.5, 0.6) is 0 Å². The second kappa shape index (κ2) is 7.82. The second-order valence-electron chi connectivity index (χ2n) is 6.25. The molecule has 140 valence electrons. The minimum atomic E-state index is -0.942. The van der Waals surface area contributed by atoms with Crippen molar-refractivity contribution in [3.8, 4) is 0 Å². The van der Waals surface area contributed by atoms with Crippen molar-refractivity contribution in [2.45, 2.75) is 17.5 Å². The standard InChI is InChI=1S/C21H16FN3O2S/c22-17-4-1-3-15(11-17)12-25-19-18(5-2-10-23-19)24-21(25)28-13-14-6-8-16(9-7-14)20(26)27/h1-11H,12-13H2,(H,26,27). The van der Waals surface area contributed by atoms with Gasteiger partial charge in [-0.2, -0.15) is 0 Å². The molecule has 0 saturated carbocycles. The quantitative estimate of drug-likeness (QED) is 0.485. The van der Waals surface area contributed by atoms with Crippen molar-refractivity contribution in [1.29, 1.82) is 0 Å². The summed E-state index contributed by atoms with van der Waals surface area (Å²) in [5, 5.41) is 9.79. The third-order valence-electron chi connectivity index (χ3n) is 4.27. The normalized spacial score (nSPS) is 11.0. The van der Waals surface area contributed by atoms with Crippen molar-refractivity contribution >= 4 is 28.9 Å². The van der Waals surface area contributed by atoms with E-state index in [0.717, 1.165) is 27.4 Å². The number of imidazole rings is 1. The molecule has 4 rings (SSSR count). The predicted octanol–water partition coefficient (Wildman–Crippen LogP) is 4.61. The van der Waals surface area contributed by atoms with Crippen LogP contribution in [0.3, 0.4) is 0 Å². The summed E-state index contributed by atoms with van der Waals surface area (Å²) in [7, 11) is 0. The molecule has 5 nitrogen and oxygen atoms in total. The van der Waals surface area contributed by atoms with Crippen molar-refractivity contribution in [2.75, 3.05) is 0 Å². The number of aromatic nitrogens is 3. The number of rotatable bonds is 6. The lowest BCUT2D eigenvalue weighted by Gasteiger charge is -2.09. The Bertz CT molecular complexity index is 1140. The van der Waals surface area contributed by atoms with Crippen LogP contribution in [0.25, 0.3) is 11.2 Å². The molecule has 2 heterocycles. The van der Waals surface area contributed by atoms with Crippen molar-refractivity contribution in [2.24, 2.45) is 0 Å². The van der Waals surface area contributed by atoms with E-state index in [1.54, 1.807) is 36.5 Å². The maximum atomic E-state index is 13.6. The molecule has 0 aliphatic heterocycles. The molecule has 0 saturated heterocycles. The fourth-order valence-corrected chi connectivity index (χ4v) is 3.86. The number of carbonyl (C=O) groups is 1. The molecule has 2 aromatic heterocycles. The molecule has 0 radical (unpaired) electrons. The third kappa shape index (κ3) is 3.89. The Morgan fingerprint density at radius 3 is 2.64 bits per heavy atom. The van der Waals surface area contributed by atoms with Gasteiger partial charge in [0.1, 0.15) is 11.3 Å². The number of hydrogen-bond acceptors (Lipinski definition) is 4. The van der Waals surface area contributed by atoms with Gasteiger partial charge in [-0.05, 0) is 47.5 Å². The molecule has 4 aromatic rings. The number of halogens is 1. The van der Waals surface area contributed by atoms with Crippen molar-refractivity contribution in [3.05, 3.63) is 89.4 Å². The SMILES string of the molecule is O=C(O)c1ccc(CSc2nc3cccnc3n2Cc2cccc(F)c2)cc1. The highest BCUT2D eigenvalue weighted by atomic mass is 32.2. The summed E-state index contributed by atoms with van der Waals surface area (Å²) in [5.74, 6) is -0.586. The Morgan fingerprint density at radius 1 is 1.07 bits per heavy atom. The number of aromatic carboxylic acids is 1. The van der Waals surface area contributed by atoms with Crippen molar-refractivity contribution < 1.29 is 14.3 Å². The average Bonchev–Trinajstić information content (AvgIpc) is 3.04. The van der Waals surface area contributed by atoms with E-state index < -0.39 is 5.97 Å². The zero-order valence-electron chi connectivity index (χ0n) is 14.7. The average molecular weight is 393 g/mol. The van der Waals surface area contributed by atoms with E-state index in [4.69, 9.17) is 5.11 Å². The van der Waals surface area contributed by atoms with E-state index in [2.05, 4.69) is 9.97 Å². The number of carboxylic acids is 1. The number of nitrogens with zero attached hydrogens (tertiary/aromatic N) is 3. The smallest absolute Gasteiger partial charge is 0.335 e. The van der Waals surface area contributed by atoms with Gasteiger partial charge in [0, 0.05) is 11.9 Å². The Hall–Kier alpha value is -3.19. The first kappa shape index (κ1) is 18.2. The van der Waals surface area contributed by atoms with E-state index in [9.17, 15) is 9.18 Å². The largest absolute Gasteiger partial charge is 0.478 e. The highest BCUT2D eigenvalue weighted by molar-refractivity contribution is 7.98. The second-order valence-corrected chi connectivity index (χ2v) is 7.19. The Labute approximate surface area is 164 Å². The number of pyridine rings is 1. The van der Waals surface area contributed by atoms with E-state index in [0.29, 0.717) is 12.3 Å². The molecule has 0 atom stereocenters. The summed E-state index contributed by atoms with van der Waals surface area (Å²) < 4.78 is 15.6. The molecule has 0 fully saturated rings. The molecule has 0 aliphatic carbocycles. The van der Waals surface area contributed by atoms with E-state index >= 15 is 0 Å². The van der Waals surface area contributed by atoms with E-state index in [1.807, 2.05) is 22.8 Å². The monoisotopic (exact) mass is 393 g/mol. The number of thioether (sulfide) groups is 1. The number of fused-ring (bicyclic) bond motifs is 1. The molecule has 2 aromatic carbocycles. The molecule has 1 N–H and O–H groups in total. The summed E-state index contributed by atoms with van der Waals surface area (Å²) >= 11 is 1.53. The molecular formula is C21H16FN3O2S. The van der Waals surface area contributed by atoms with Crippen LogP contribution in [0.4, 0.5) is 4.39 Å². The first-order chi connectivity index (χ1) is 13.6. The minimum Gasteiger partial charge on any atom is -0.478 e. The summed E-state index contributed by atoms with van der Waals surface area (Å²) in [5.41, 5.74) is 3.61. The van der Waals surface area contributed by atoms with Crippen LogP contribution in [-0.2, 0) is 12.3 Å². The van der Waals surface area contributed by atoms with E-state index in [-0.39, 0.29) is 11.4 Å². The summed E-state index contributed by atoms with van der Waals surface area (Å²) in [6.45, 7) is 0.464. The fraction of sp³-hybridized carbons (Fsp3) is 0.0952. The highest BCUT2D eigenvalue weighted by Gasteiger charge is 2.13. The van der Waals surface area contributed by atoms with Gasteiger partial charge in [-0.3, -0.25) is 4.57 Å². The summed E-state index contributed by atoms with van der Waals surface area (Å²) in [4.78, 5) is 20.1. The van der Waals surface area contributed by atoms with Crippen LogP contribution in [0, 0.1) is 5.82 Å². The molecule has 0 amide bonds. The highest BCUT2D eigenvalue weighted by Crippen LogP contribution is 2.27. The van der Waals surface area contributed by atoms with Crippen LogP contribution < -0.4 is 0 Å². The van der Waals surface area contributed by atoms with Crippen LogP contribution >= 0.6 is 11.8 Å². The molecular weight excluding hydrogens is 377 g/mol. The Morgan fingerprint density at radius 2 is 1.89 bits per heavy atom. The number of benzene rings is 2. The van der Waals surface area contributed by atoms with Gasteiger partial charge in [0.25, 0.3) is 0 Å². The molecule has 0 spiro atoms. The van der Waals surface area contributed by atoms with Crippen molar-refractivity contribution in [3.63, 3.8) is 0 Å². The maximum absolute atomic E-state index is 13.6. The Kier molecular flexibility index (Phi) is 5.08. The van der Waals surface area contributed by atoms with Crippen molar-refractivity contribution in [1.82, 2.24) is 14.5 Å². The molecule has 28 heavy (non-hydrogen) atoms. The van der Waals surface area contributed by atoms with Gasteiger partial charge in [-0.1, -0.05) is 36.0 Å². The summed E-state index contributed by atoms with van der Waals surface area (Å²) in [6.07, 6.45) is 1.71. The van der Waals surface area contributed by atoms with Crippen LogP contribution in [0.15, 0.2) is 72.0 Å². The zero-order chi connectivity index (χ0) is 19.5. The lowest BCUT2D eigenvalue weighted by Crippen LogP contribution is -2.03. The van der Waals surface area contributed by atoms with Crippen LogP contribution in [0.1, 0.15) is 21.5 Å². The van der Waals surface area contributed by atoms with E-state index in [1.165, 1.54) is 23.9 Å². The first-order valence-corrected chi connectivity index (χ1v) is 9.59. The van der Waals surface area contributed by atoms with Gasteiger partial charge in [-0.15, -0.1) is 0 Å². The Balaban J connectivity index is 1.61. The fourth-order valence-electron chi connectivity index (χ4n) is 2.90. The molecule has 0 bridgehead atoms. The van der Waals surface area contributed by atoms with Gasteiger partial charge in [0.15, 0.2) is 10.8 Å². The van der Waals surface area contributed by atoms with Gasteiger partial charge in [0.05, 0.1) is 12.1 Å². The first-order valence-electron chi connectivity index (χ1n) is 8.61. The molecule has 7 heteroatoms. The number of carboxylic acid groups (broad SMARTS) is 1. The van der Waals surface area contributed by atoms with Crippen LogP contribution in [-0.4, -0.2) is 25.6 Å². The molecule has 0 aliphatic rings. The minimum absolute atomic E-state index is 0.260. The van der Waals surface area contributed by atoms with Gasteiger partial charge in [-0.25, -0.2) is 19.2 Å². The van der Waals surface area contributed by atoms with Gasteiger partial charge in [0.2, 0.25) is 0 Å². The number of hydrogen-bond donors (Lipinski definition) is 1. The van der Waals surface area contributed by atoms with Gasteiger partial charge >= 0.3 is 5.97 Å². The topological polar surface area (TPSA) is 68.0 Å².